The van der Waals surface area contributed by atoms with Crippen molar-refractivity contribution in [1.29, 1.82) is 0 Å². The molecule has 3 heterocycles. The van der Waals surface area contributed by atoms with Gasteiger partial charge in [0.2, 0.25) is 0 Å². The van der Waals surface area contributed by atoms with Gasteiger partial charge in [-0.2, -0.15) is 13.8 Å². The van der Waals surface area contributed by atoms with E-state index in [0.29, 0.717) is 24.5 Å². The number of nitrogens with zero attached hydrogens (tertiary/aromatic N) is 6. The highest BCUT2D eigenvalue weighted by atomic mass is 32.1. The molecule has 0 N–H and O–H groups in total. The van der Waals surface area contributed by atoms with Gasteiger partial charge in [0, 0.05) is 39.4 Å². The zero-order valence-electron chi connectivity index (χ0n) is 17.7. The quantitative estimate of drug-likeness (QED) is 0.590. The second-order valence-corrected chi connectivity index (χ2v) is 8.53. The fourth-order valence-electron chi connectivity index (χ4n) is 4.24. The van der Waals surface area contributed by atoms with E-state index in [1.54, 1.807) is 16.9 Å². The molecule has 0 aliphatic carbocycles. The molecule has 162 valence electrons. The first kappa shape index (κ1) is 21.2. The van der Waals surface area contributed by atoms with Crippen molar-refractivity contribution in [3.8, 4) is 0 Å². The molecule has 1 fully saturated rings. The van der Waals surface area contributed by atoms with Crippen LogP contribution in [0.15, 0.2) is 48.8 Å². The number of piperidine rings is 1. The van der Waals surface area contributed by atoms with Gasteiger partial charge in [-0.05, 0) is 36.8 Å². The summed E-state index contributed by atoms with van der Waals surface area (Å²) in [5, 5.41) is 4.29. The first-order valence-corrected chi connectivity index (χ1v) is 11.1. The van der Waals surface area contributed by atoms with Gasteiger partial charge in [-0.15, -0.1) is 0 Å². The van der Waals surface area contributed by atoms with Gasteiger partial charge in [0.05, 0.1) is 17.9 Å². The molecule has 1 aliphatic heterocycles. The second-order valence-electron chi connectivity index (χ2n) is 7.97. The fourth-order valence-corrected chi connectivity index (χ4v) is 4.65. The highest BCUT2D eigenvalue weighted by Gasteiger charge is 2.34. The maximum Gasteiger partial charge on any atom is 0.275 e. The molecule has 8 nitrogen and oxygen atoms in total. The third-order valence-electron chi connectivity index (χ3n) is 5.99. The van der Waals surface area contributed by atoms with Crippen LogP contribution in [0.5, 0.6) is 0 Å². The molecule has 2 amide bonds. The molecule has 31 heavy (non-hydrogen) atoms. The maximum atomic E-state index is 13.1. The van der Waals surface area contributed by atoms with Crippen molar-refractivity contribution in [1.82, 2.24) is 28.3 Å². The van der Waals surface area contributed by atoms with Crippen LogP contribution >= 0.6 is 11.7 Å². The molecule has 0 unspecified atom stereocenters. The largest absolute Gasteiger partial charge is 0.337 e. The van der Waals surface area contributed by atoms with Crippen molar-refractivity contribution in [3.63, 3.8) is 0 Å². The molecule has 9 heteroatoms. The Balaban J connectivity index is 1.49. The third-order valence-corrected chi connectivity index (χ3v) is 6.47. The van der Waals surface area contributed by atoms with E-state index >= 15 is 0 Å². The van der Waals surface area contributed by atoms with Crippen molar-refractivity contribution in [2.45, 2.75) is 25.3 Å². The van der Waals surface area contributed by atoms with Gasteiger partial charge >= 0.3 is 0 Å². The Morgan fingerprint density at radius 1 is 1.16 bits per heavy atom. The Morgan fingerprint density at radius 2 is 1.90 bits per heavy atom. The molecule has 0 saturated carbocycles. The molecule has 0 radical (unpaired) electrons. The summed E-state index contributed by atoms with van der Waals surface area (Å²) >= 11 is 1.05. The van der Waals surface area contributed by atoms with Crippen molar-refractivity contribution in [2.75, 3.05) is 20.1 Å². The molecule has 1 atom stereocenters. The van der Waals surface area contributed by atoms with E-state index in [2.05, 4.69) is 26.0 Å². The minimum Gasteiger partial charge on any atom is -0.337 e. The Bertz CT molecular complexity index is 1010. The number of likely N-dealkylation sites (N-methyl/N-ethyl adjacent to an activating group) is 1. The molecular weight excluding hydrogens is 412 g/mol. The van der Waals surface area contributed by atoms with E-state index in [4.69, 9.17) is 0 Å². The van der Waals surface area contributed by atoms with E-state index < -0.39 is 0 Å². The average Bonchev–Trinajstić information content (AvgIpc) is 3.49. The molecule has 1 aliphatic rings. The molecule has 3 aromatic rings. The van der Waals surface area contributed by atoms with Crippen LogP contribution in [0.25, 0.3) is 0 Å². The summed E-state index contributed by atoms with van der Waals surface area (Å²) < 4.78 is 9.64. The number of likely N-dealkylation sites (tertiary alicyclic amines) is 1. The Kier molecular flexibility index (Phi) is 6.41. The molecule has 4 rings (SSSR count). The number of amides is 2. The Labute approximate surface area is 185 Å². The van der Waals surface area contributed by atoms with Crippen LogP contribution in [0.3, 0.4) is 0 Å². The maximum absolute atomic E-state index is 13.1. The zero-order chi connectivity index (χ0) is 21.8. The standard InChI is InChI=1S/C22H26N6O2S/c1-26-11-10-18(24-26)21(29)27(2)20(14-16-6-4-3-5-7-16)17-8-12-28(13-9-17)22(30)19-15-23-31-25-19/h3-7,10-11,15,17,20H,8-9,12-14H2,1-2H3/t20-/m0/s1. The van der Waals surface area contributed by atoms with Gasteiger partial charge in [0.15, 0.2) is 5.69 Å². The van der Waals surface area contributed by atoms with Crippen LogP contribution in [0.2, 0.25) is 0 Å². The highest BCUT2D eigenvalue weighted by molar-refractivity contribution is 6.99. The first-order chi connectivity index (χ1) is 15.0. The predicted molar refractivity (Wildman–Crippen MR) is 118 cm³/mol. The van der Waals surface area contributed by atoms with Crippen LogP contribution in [0.4, 0.5) is 0 Å². The lowest BCUT2D eigenvalue weighted by molar-refractivity contribution is 0.0516. The zero-order valence-corrected chi connectivity index (χ0v) is 18.5. The number of aryl methyl sites for hydroxylation is 1. The lowest BCUT2D eigenvalue weighted by atomic mass is 9.84. The van der Waals surface area contributed by atoms with Crippen molar-refractivity contribution in [3.05, 3.63) is 65.7 Å². The van der Waals surface area contributed by atoms with E-state index in [-0.39, 0.29) is 23.8 Å². The van der Waals surface area contributed by atoms with Crippen LogP contribution in [0, 0.1) is 5.92 Å². The van der Waals surface area contributed by atoms with E-state index in [0.717, 1.165) is 31.0 Å². The topological polar surface area (TPSA) is 84.2 Å². The molecule has 0 spiro atoms. The van der Waals surface area contributed by atoms with E-state index in [1.165, 1.54) is 11.8 Å². The summed E-state index contributed by atoms with van der Waals surface area (Å²) in [5.74, 6) is 0.147. The number of rotatable bonds is 6. The van der Waals surface area contributed by atoms with Crippen molar-refractivity contribution in [2.24, 2.45) is 13.0 Å². The fraction of sp³-hybridized carbons (Fsp3) is 0.409. The number of benzene rings is 1. The molecule has 1 aromatic carbocycles. The second kappa shape index (κ2) is 9.38. The van der Waals surface area contributed by atoms with Crippen LogP contribution in [-0.2, 0) is 13.5 Å². The Hall–Kier alpha value is -3.07. The summed E-state index contributed by atoms with van der Waals surface area (Å²) in [6.07, 6.45) is 5.74. The van der Waals surface area contributed by atoms with Gasteiger partial charge < -0.3 is 9.80 Å². The van der Waals surface area contributed by atoms with Gasteiger partial charge in [0.25, 0.3) is 11.8 Å². The van der Waals surface area contributed by atoms with Crippen molar-refractivity contribution < 1.29 is 9.59 Å². The van der Waals surface area contributed by atoms with Gasteiger partial charge in [0.1, 0.15) is 5.69 Å². The van der Waals surface area contributed by atoms with Gasteiger partial charge in [-0.1, -0.05) is 30.3 Å². The number of carbonyl (C=O) groups excluding carboxylic acids is 2. The normalized spacial score (nSPS) is 15.6. The van der Waals surface area contributed by atoms with Crippen LogP contribution in [0.1, 0.15) is 39.4 Å². The smallest absolute Gasteiger partial charge is 0.275 e. The molecule has 1 saturated heterocycles. The minimum atomic E-state index is -0.0754. The molecule has 0 bridgehead atoms. The van der Waals surface area contributed by atoms with E-state index in [9.17, 15) is 9.59 Å². The number of carbonyl (C=O) groups is 2. The summed E-state index contributed by atoms with van der Waals surface area (Å²) in [4.78, 5) is 29.4. The first-order valence-electron chi connectivity index (χ1n) is 10.4. The monoisotopic (exact) mass is 438 g/mol. The minimum absolute atomic E-state index is 0.0232. The lowest BCUT2D eigenvalue weighted by Gasteiger charge is -2.39. The lowest BCUT2D eigenvalue weighted by Crippen LogP contribution is -2.48. The Morgan fingerprint density at radius 3 is 2.52 bits per heavy atom. The summed E-state index contributed by atoms with van der Waals surface area (Å²) in [5.41, 5.74) is 2.05. The SMILES string of the molecule is CN(C(=O)c1ccn(C)n1)[C@@H](Cc1ccccc1)C1CCN(C(=O)c2cnsn2)CC1. The van der Waals surface area contributed by atoms with Gasteiger partial charge in [-0.25, -0.2) is 0 Å². The predicted octanol–water partition coefficient (Wildman–Crippen LogP) is 2.51. The van der Waals surface area contributed by atoms with Crippen LogP contribution in [-0.4, -0.2) is 66.3 Å². The summed E-state index contributed by atoms with van der Waals surface area (Å²) in [7, 11) is 3.67. The highest BCUT2D eigenvalue weighted by Crippen LogP contribution is 2.28. The van der Waals surface area contributed by atoms with Gasteiger partial charge in [-0.3, -0.25) is 14.3 Å². The number of hydrogen-bond donors (Lipinski definition) is 0. The number of hydrogen-bond acceptors (Lipinski definition) is 6. The molecule has 2 aromatic heterocycles. The van der Waals surface area contributed by atoms with Crippen molar-refractivity contribution >= 4 is 23.5 Å². The third kappa shape index (κ3) is 4.82. The van der Waals surface area contributed by atoms with E-state index in [1.807, 2.05) is 42.1 Å². The molecular formula is C22H26N6O2S. The average molecular weight is 439 g/mol. The number of aromatic nitrogens is 4. The summed E-state index contributed by atoms with van der Waals surface area (Å²) in [6, 6.07) is 12.0. The van der Waals surface area contributed by atoms with Crippen LogP contribution < -0.4 is 0 Å². The summed E-state index contributed by atoms with van der Waals surface area (Å²) in [6.45, 7) is 1.30.